The van der Waals surface area contributed by atoms with E-state index in [4.69, 9.17) is 4.74 Å². The number of carbonyl (C=O) groups excluding carboxylic acids is 2. The zero-order valence-electron chi connectivity index (χ0n) is 19.0. The van der Waals surface area contributed by atoms with Crippen molar-refractivity contribution in [3.05, 3.63) is 106 Å². The number of nitrogens with one attached hydrogen (secondary N) is 2. The van der Waals surface area contributed by atoms with Gasteiger partial charge in [0, 0.05) is 28.3 Å². The largest absolute Gasteiger partial charge is 0.497 e. The lowest BCUT2D eigenvalue weighted by Gasteiger charge is -2.08. The van der Waals surface area contributed by atoms with E-state index in [0.29, 0.717) is 17.8 Å². The molecule has 176 valence electrons. The van der Waals surface area contributed by atoms with Gasteiger partial charge >= 0.3 is 0 Å². The highest BCUT2D eigenvalue weighted by Crippen LogP contribution is 2.22. The summed E-state index contributed by atoms with van der Waals surface area (Å²) in [5, 5.41) is 5.63. The summed E-state index contributed by atoms with van der Waals surface area (Å²) in [5.74, 6) is 0.579. The zero-order chi connectivity index (χ0) is 24.6. The molecule has 1 aromatic heterocycles. The summed E-state index contributed by atoms with van der Waals surface area (Å²) in [6.07, 6.45) is 1.89. The van der Waals surface area contributed by atoms with E-state index in [1.54, 1.807) is 43.6 Å². The number of rotatable bonds is 8. The van der Waals surface area contributed by atoms with Crippen LogP contribution in [0, 0.1) is 0 Å². The molecular weight excluding hydrogens is 508 g/mol. The maximum Gasteiger partial charge on any atom is 0.258 e. The van der Waals surface area contributed by atoms with Crippen molar-refractivity contribution < 1.29 is 14.3 Å². The number of carbonyl (C=O) groups is 2. The molecule has 0 aliphatic carbocycles. The van der Waals surface area contributed by atoms with Gasteiger partial charge in [0.2, 0.25) is 11.9 Å². The number of hydrogen-bond acceptors (Lipinski definition) is 5. The Labute approximate surface area is 211 Å². The topological polar surface area (TPSA) is 93.2 Å². The SMILES string of the molecule is COc1ccc(CC(=O)NCc2ccc(C(=O)Nc3nccc(-c4cccc(Br)c4)n3)cc2)cc1. The quantitative estimate of drug-likeness (QED) is 0.333. The van der Waals surface area contributed by atoms with Crippen LogP contribution in [0.5, 0.6) is 5.75 Å². The molecule has 0 saturated heterocycles. The van der Waals surface area contributed by atoms with Crippen molar-refractivity contribution in [1.29, 1.82) is 0 Å². The van der Waals surface area contributed by atoms with Crippen LogP contribution in [0.2, 0.25) is 0 Å². The summed E-state index contributed by atoms with van der Waals surface area (Å²) in [5.41, 5.74) is 3.88. The second-order valence-corrected chi connectivity index (χ2v) is 8.64. The third kappa shape index (κ3) is 6.74. The maximum absolute atomic E-state index is 12.7. The van der Waals surface area contributed by atoms with Crippen LogP contribution < -0.4 is 15.4 Å². The fourth-order valence-corrected chi connectivity index (χ4v) is 3.77. The van der Waals surface area contributed by atoms with Gasteiger partial charge in [0.15, 0.2) is 0 Å². The second kappa shape index (κ2) is 11.4. The van der Waals surface area contributed by atoms with E-state index >= 15 is 0 Å². The highest BCUT2D eigenvalue weighted by Gasteiger charge is 2.10. The van der Waals surface area contributed by atoms with Crippen LogP contribution in [0.15, 0.2) is 89.5 Å². The fourth-order valence-electron chi connectivity index (χ4n) is 3.37. The first-order valence-corrected chi connectivity index (χ1v) is 11.7. The van der Waals surface area contributed by atoms with Crippen LogP contribution in [-0.4, -0.2) is 28.9 Å². The van der Waals surface area contributed by atoms with Gasteiger partial charge in [-0.05, 0) is 53.6 Å². The maximum atomic E-state index is 12.7. The number of halogens is 1. The molecule has 1 heterocycles. The van der Waals surface area contributed by atoms with E-state index < -0.39 is 0 Å². The van der Waals surface area contributed by atoms with E-state index in [0.717, 1.165) is 26.9 Å². The third-order valence-corrected chi connectivity index (χ3v) is 5.72. The molecule has 4 aromatic rings. The lowest BCUT2D eigenvalue weighted by atomic mass is 10.1. The Bertz CT molecular complexity index is 1330. The third-order valence-electron chi connectivity index (χ3n) is 5.23. The molecule has 2 amide bonds. The number of amides is 2. The Kier molecular flexibility index (Phi) is 7.84. The molecule has 0 radical (unpaired) electrons. The summed E-state index contributed by atoms with van der Waals surface area (Å²) < 4.78 is 6.07. The molecule has 8 heteroatoms. The van der Waals surface area contributed by atoms with Gasteiger partial charge in [-0.2, -0.15) is 0 Å². The molecule has 0 atom stereocenters. The number of hydrogen-bond donors (Lipinski definition) is 2. The Morgan fingerprint density at radius 1 is 0.943 bits per heavy atom. The summed E-state index contributed by atoms with van der Waals surface area (Å²) in [6, 6.07) is 23.9. The van der Waals surface area contributed by atoms with Crippen molar-refractivity contribution in [1.82, 2.24) is 15.3 Å². The lowest BCUT2D eigenvalue weighted by Crippen LogP contribution is -2.24. The minimum atomic E-state index is -0.313. The molecule has 35 heavy (non-hydrogen) atoms. The van der Waals surface area contributed by atoms with Gasteiger partial charge < -0.3 is 10.1 Å². The van der Waals surface area contributed by atoms with Crippen molar-refractivity contribution in [2.45, 2.75) is 13.0 Å². The van der Waals surface area contributed by atoms with E-state index in [-0.39, 0.29) is 24.2 Å². The zero-order valence-corrected chi connectivity index (χ0v) is 20.6. The smallest absolute Gasteiger partial charge is 0.258 e. The molecule has 3 aromatic carbocycles. The first kappa shape index (κ1) is 24.1. The van der Waals surface area contributed by atoms with Gasteiger partial charge in [0.1, 0.15) is 5.75 Å². The summed E-state index contributed by atoms with van der Waals surface area (Å²) in [6.45, 7) is 0.370. The fraction of sp³-hybridized carbons (Fsp3) is 0.111. The first-order chi connectivity index (χ1) is 17.0. The van der Waals surface area contributed by atoms with Crippen molar-refractivity contribution in [2.75, 3.05) is 12.4 Å². The summed E-state index contributed by atoms with van der Waals surface area (Å²) >= 11 is 3.45. The highest BCUT2D eigenvalue weighted by atomic mass is 79.9. The Morgan fingerprint density at radius 3 is 2.40 bits per heavy atom. The van der Waals surface area contributed by atoms with Gasteiger partial charge in [-0.15, -0.1) is 0 Å². The standard InChI is InChI=1S/C27H23BrN4O3/c1-35-23-11-7-18(8-12-23)15-25(33)30-17-19-5-9-20(10-6-19)26(34)32-27-29-14-13-24(31-27)21-3-2-4-22(28)16-21/h2-14,16H,15,17H2,1H3,(H,30,33)(H,29,31,32,34). The van der Waals surface area contributed by atoms with Crippen LogP contribution in [0.25, 0.3) is 11.3 Å². The molecule has 0 unspecified atom stereocenters. The average molecular weight is 531 g/mol. The molecule has 2 N–H and O–H groups in total. The molecule has 0 bridgehead atoms. The molecule has 7 nitrogen and oxygen atoms in total. The summed E-state index contributed by atoms with van der Waals surface area (Å²) in [4.78, 5) is 33.5. The van der Waals surface area contributed by atoms with Crippen molar-refractivity contribution in [3.8, 4) is 17.0 Å². The number of anilines is 1. The minimum absolute atomic E-state index is 0.0838. The van der Waals surface area contributed by atoms with Crippen LogP contribution in [0.4, 0.5) is 5.95 Å². The Hall–Kier alpha value is -4.04. The van der Waals surface area contributed by atoms with Crippen molar-refractivity contribution in [2.24, 2.45) is 0 Å². The second-order valence-electron chi connectivity index (χ2n) is 7.73. The molecule has 0 saturated carbocycles. The van der Waals surface area contributed by atoms with Gasteiger partial charge in [-0.3, -0.25) is 14.9 Å². The molecule has 0 aliphatic heterocycles. The van der Waals surface area contributed by atoms with Crippen LogP contribution >= 0.6 is 15.9 Å². The van der Waals surface area contributed by atoms with E-state index in [1.165, 1.54) is 0 Å². The molecule has 0 spiro atoms. The van der Waals surface area contributed by atoms with Gasteiger partial charge in [0.25, 0.3) is 5.91 Å². The van der Waals surface area contributed by atoms with Gasteiger partial charge in [-0.25, -0.2) is 9.97 Å². The highest BCUT2D eigenvalue weighted by molar-refractivity contribution is 9.10. The molecule has 4 rings (SSSR count). The van der Waals surface area contributed by atoms with Crippen LogP contribution in [0.1, 0.15) is 21.5 Å². The summed E-state index contributed by atoms with van der Waals surface area (Å²) in [7, 11) is 1.60. The predicted octanol–water partition coefficient (Wildman–Crippen LogP) is 5.03. The molecule has 0 fully saturated rings. The Balaban J connectivity index is 1.31. The molecular formula is C27H23BrN4O3. The number of nitrogens with zero attached hydrogens (tertiary/aromatic N) is 2. The first-order valence-electron chi connectivity index (χ1n) is 10.9. The Morgan fingerprint density at radius 2 is 1.69 bits per heavy atom. The van der Waals surface area contributed by atoms with E-state index in [9.17, 15) is 9.59 Å². The van der Waals surface area contributed by atoms with Crippen LogP contribution in [-0.2, 0) is 17.8 Å². The van der Waals surface area contributed by atoms with Gasteiger partial charge in [0.05, 0.1) is 19.2 Å². The minimum Gasteiger partial charge on any atom is -0.497 e. The van der Waals surface area contributed by atoms with Crippen LogP contribution in [0.3, 0.4) is 0 Å². The number of ether oxygens (including phenoxy) is 1. The monoisotopic (exact) mass is 530 g/mol. The van der Waals surface area contributed by atoms with E-state index in [1.807, 2.05) is 48.5 Å². The molecule has 0 aliphatic rings. The van der Waals surface area contributed by atoms with Crippen molar-refractivity contribution in [3.63, 3.8) is 0 Å². The van der Waals surface area contributed by atoms with E-state index in [2.05, 4.69) is 36.5 Å². The van der Waals surface area contributed by atoms with Gasteiger partial charge in [-0.1, -0.05) is 52.3 Å². The normalized spacial score (nSPS) is 10.5. The number of benzene rings is 3. The number of aromatic nitrogens is 2. The number of methoxy groups -OCH3 is 1. The lowest BCUT2D eigenvalue weighted by molar-refractivity contribution is -0.120. The van der Waals surface area contributed by atoms with Crippen molar-refractivity contribution >= 4 is 33.7 Å². The average Bonchev–Trinajstić information content (AvgIpc) is 2.88. The predicted molar refractivity (Wildman–Crippen MR) is 138 cm³/mol.